The van der Waals surface area contributed by atoms with Crippen molar-refractivity contribution in [1.29, 1.82) is 0 Å². The SMILES string of the molecule is C#CCN(CC(=O)O)C(=O)NC(C)(C)CC(N)=O. The molecule has 0 saturated carbocycles. The number of carbonyl (C=O) groups excluding carboxylic acids is 2. The van der Waals surface area contributed by atoms with E-state index in [1.54, 1.807) is 13.8 Å². The second kappa shape index (κ2) is 6.49. The molecule has 0 radical (unpaired) electrons. The highest BCUT2D eigenvalue weighted by Gasteiger charge is 2.26. The van der Waals surface area contributed by atoms with Crippen molar-refractivity contribution in [3.63, 3.8) is 0 Å². The number of amides is 3. The number of nitrogens with two attached hydrogens (primary N) is 1. The quantitative estimate of drug-likeness (QED) is 0.548. The zero-order valence-corrected chi connectivity index (χ0v) is 10.4. The summed E-state index contributed by atoms with van der Waals surface area (Å²) >= 11 is 0. The summed E-state index contributed by atoms with van der Waals surface area (Å²) in [5.41, 5.74) is 4.17. The summed E-state index contributed by atoms with van der Waals surface area (Å²) in [5.74, 6) is 0.450. The molecule has 0 spiro atoms. The molecule has 0 aromatic heterocycles. The number of rotatable bonds is 6. The number of hydrogen-bond donors (Lipinski definition) is 3. The normalized spacial score (nSPS) is 10.3. The van der Waals surface area contributed by atoms with Crippen LogP contribution < -0.4 is 11.1 Å². The fraction of sp³-hybridized carbons (Fsp3) is 0.545. The first kappa shape index (κ1) is 15.8. The summed E-state index contributed by atoms with van der Waals surface area (Å²) in [7, 11) is 0. The van der Waals surface area contributed by atoms with Crippen molar-refractivity contribution in [2.24, 2.45) is 5.73 Å². The second-order valence-electron chi connectivity index (χ2n) is 4.41. The maximum absolute atomic E-state index is 11.8. The molecule has 4 N–H and O–H groups in total. The lowest BCUT2D eigenvalue weighted by atomic mass is 10.0. The van der Waals surface area contributed by atoms with Gasteiger partial charge >= 0.3 is 12.0 Å². The standard InChI is InChI=1S/C11H17N3O4/c1-4-5-14(7-9(16)17)10(18)13-11(2,3)6-8(12)15/h1H,5-7H2,2-3H3,(H2,12,15)(H,13,18)(H,16,17). The van der Waals surface area contributed by atoms with E-state index < -0.39 is 30.0 Å². The van der Waals surface area contributed by atoms with Crippen LogP contribution in [0.3, 0.4) is 0 Å². The first-order valence-corrected chi connectivity index (χ1v) is 5.18. The Balaban J connectivity index is 4.64. The Bertz CT molecular complexity index is 384. The highest BCUT2D eigenvalue weighted by Crippen LogP contribution is 2.08. The number of terminal acetylenes is 1. The largest absolute Gasteiger partial charge is 0.480 e. The van der Waals surface area contributed by atoms with E-state index in [1.165, 1.54) is 0 Å². The third-order valence-electron chi connectivity index (χ3n) is 1.96. The van der Waals surface area contributed by atoms with Crippen LogP contribution in [0, 0.1) is 12.3 Å². The molecule has 0 aliphatic rings. The van der Waals surface area contributed by atoms with E-state index in [0.29, 0.717) is 0 Å². The second-order valence-corrected chi connectivity index (χ2v) is 4.41. The van der Waals surface area contributed by atoms with Crippen LogP contribution in [0.5, 0.6) is 0 Å². The molecule has 0 aromatic rings. The van der Waals surface area contributed by atoms with Crippen LogP contribution in [-0.2, 0) is 9.59 Å². The molecule has 100 valence electrons. The van der Waals surface area contributed by atoms with Crippen LogP contribution >= 0.6 is 0 Å². The van der Waals surface area contributed by atoms with Crippen LogP contribution in [0.15, 0.2) is 0 Å². The van der Waals surface area contributed by atoms with Gasteiger partial charge < -0.3 is 21.1 Å². The zero-order chi connectivity index (χ0) is 14.3. The minimum atomic E-state index is -1.17. The van der Waals surface area contributed by atoms with Gasteiger partial charge in [-0.05, 0) is 13.8 Å². The Labute approximate surface area is 105 Å². The molecule has 3 amide bonds. The fourth-order valence-corrected chi connectivity index (χ4v) is 1.32. The van der Waals surface area contributed by atoms with Crippen LogP contribution in [0.4, 0.5) is 4.79 Å². The van der Waals surface area contributed by atoms with E-state index in [-0.39, 0.29) is 13.0 Å². The van der Waals surface area contributed by atoms with Gasteiger partial charge in [-0.3, -0.25) is 9.59 Å². The van der Waals surface area contributed by atoms with Gasteiger partial charge in [-0.15, -0.1) is 6.42 Å². The van der Waals surface area contributed by atoms with Gasteiger partial charge in [0.25, 0.3) is 0 Å². The molecule has 0 rings (SSSR count). The minimum absolute atomic E-state index is 0.0598. The lowest BCUT2D eigenvalue weighted by Crippen LogP contribution is -2.52. The van der Waals surface area contributed by atoms with Crippen molar-refractivity contribution in [3.8, 4) is 12.3 Å². The summed E-state index contributed by atoms with van der Waals surface area (Å²) in [5, 5.41) is 11.1. The van der Waals surface area contributed by atoms with Gasteiger partial charge in [-0.25, -0.2) is 4.79 Å². The maximum atomic E-state index is 11.8. The first-order chi connectivity index (χ1) is 8.18. The average Bonchev–Trinajstić information content (AvgIpc) is 2.12. The van der Waals surface area contributed by atoms with Crippen molar-refractivity contribution < 1.29 is 19.5 Å². The molecule has 0 saturated heterocycles. The molecule has 7 heteroatoms. The molecule has 0 unspecified atom stereocenters. The topological polar surface area (TPSA) is 113 Å². The molecule has 7 nitrogen and oxygen atoms in total. The molecule has 0 aromatic carbocycles. The third-order valence-corrected chi connectivity index (χ3v) is 1.96. The van der Waals surface area contributed by atoms with E-state index in [4.69, 9.17) is 17.3 Å². The number of urea groups is 1. The Morgan fingerprint density at radius 1 is 1.44 bits per heavy atom. The summed E-state index contributed by atoms with van der Waals surface area (Å²) in [6.07, 6.45) is 4.99. The Hall–Kier alpha value is -2.23. The first-order valence-electron chi connectivity index (χ1n) is 5.18. The summed E-state index contributed by atoms with van der Waals surface area (Å²) in [4.78, 5) is 34.1. The summed E-state index contributed by atoms with van der Waals surface area (Å²) in [6.45, 7) is 2.56. The van der Waals surface area contributed by atoms with Crippen LogP contribution in [-0.4, -0.2) is 46.5 Å². The number of aliphatic carboxylic acids is 1. The van der Waals surface area contributed by atoms with Crippen molar-refractivity contribution in [2.75, 3.05) is 13.1 Å². The van der Waals surface area contributed by atoms with Crippen molar-refractivity contribution in [1.82, 2.24) is 10.2 Å². The monoisotopic (exact) mass is 255 g/mol. The Kier molecular flexibility index (Phi) is 5.69. The maximum Gasteiger partial charge on any atom is 0.323 e. The number of hydrogen-bond acceptors (Lipinski definition) is 3. The molecule has 0 heterocycles. The van der Waals surface area contributed by atoms with Gasteiger partial charge in [0.15, 0.2) is 0 Å². The minimum Gasteiger partial charge on any atom is -0.480 e. The van der Waals surface area contributed by atoms with Crippen molar-refractivity contribution >= 4 is 17.9 Å². The highest BCUT2D eigenvalue weighted by molar-refractivity contribution is 5.82. The third kappa shape index (κ3) is 6.37. The number of carboxylic acid groups (broad SMARTS) is 1. The molecule has 18 heavy (non-hydrogen) atoms. The number of carboxylic acids is 1. The molecular formula is C11H17N3O4. The smallest absolute Gasteiger partial charge is 0.323 e. The van der Waals surface area contributed by atoms with E-state index >= 15 is 0 Å². The van der Waals surface area contributed by atoms with E-state index in [1.807, 2.05) is 0 Å². The van der Waals surface area contributed by atoms with Crippen molar-refractivity contribution in [3.05, 3.63) is 0 Å². The fourth-order valence-electron chi connectivity index (χ4n) is 1.32. The highest BCUT2D eigenvalue weighted by atomic mass is 16.4. The van der Waals surface area contributed by atoms with Crippen molar-refractivity contribution in [2.45, 2.75) is 25.8 Å². The van der Waals surface area contributed by atoms with Crippen LogP contribution in [0.2, 0.25) is 0 Å². The molecule has 0 atom stereocenters. The Morgan fingerprint density at radius 3 is 2.39 bits per heavy atom. The van der Waals surface area contributed by atoms with E-state index in [9.17, 15) is 14.4 Å². The number of primary amides is 1. The summed E-state index contributed by atoms with van der Waals surface area (Å²) < 4.78 is 0. The van der Waals surface area contributed by atoms with Gasteiger partial charge in [-0.1, -0.05) is 5.92 Å². The van der Waals surface area contributed by atoms with Gasteiger partial charge in [-0.2, -0.15) is 0 Å². The zero-order valence-electron chi connectivity index (χ0n) is 10.4. The number of nitrogens with one attached hydrogen (secondary N) is 1. The summed E-state index contributed by atoms with van der Waals surface area (Å²) in [6, 6.07) is -0.651. The van der Waals surface area contributed by atoms with E-state index in [2.05, 4.69) is 11.2 Å². The average molecular weight is 255 g/mol. The predicted molar refractivity (Wildman–Crippen MR) is 64.5 cm³/mol. The number of carbonyl (C=O) groups is 3. The predicted octanol–water partition coefficient (Wildman–Crippen LogP) is -0.630. The van der Waals surface area contributed by atoms with Gasteiger partial charge in [0.05, 0.1) is 6.54 Å². The molecule has 0 aliphatic carbocycles. The van der Waals surface area contributed by atoms with Crippen LogP contribution in [0.1, 0.15) is 20.3 Å². The molecule has 0 aliphatic heterocycles. The molecule has 0 bridgehead atoms. The Morgan fingerprint density at radius 2 is 2.00 bits per heavy atom. The molecular weight excluding hydrogens is 238 g/mol. The lowest BCUT2D eigenvalue weighted by Gasteiger charge is -2.28. The molecule has 0 fully saturated rings. The van der Waals surface area contributed by atoms with Crippen LogP contribution in [0.25, 0.3) is 0 Å². The number of nitrogens with zero attached hydrogens (tertiary/aromatic N) is 1. The van der Waals surface area contributed by atoms with Gasteiger partial charge in [0, 0.05) is 12.0 Å². The van der Waals surface area contributed by atoms with E-state index in [0.717, 1.165) is 4.90 Å². The van der Waals surface area contributed by atoms with Gasteiger partial charge in [0.1, 0.15) is 6.54 Å². The van der Waals surface area contributed by atoms with Gasteiger partial charge in [0.2, 0.25) is 5.91 Å². The lowest BCUT2D eigenvalue weighted by molar-refractivity contribution is -0.137.